The Balaban J connectivity index is 1.66. The molecule has 88 valence electrons. The number of hydrogen-bond donors (Lipinski definition) is 0. The van der Waals surface area contributed by atoms with Crippen molar-refractivity contribution in [3.63, 3.8) is 0 Å². The maximum atomic E-state index is 2.49. The van der Waals surface area contributed by atoms with Crippen LogP contribution in [0.4, 0.5) is 0 Å². The Kier molecular flexibility index (Phi) is 3.42. The van der Waals surface area contributed by atoms with Gasteiger partial charge in [-0.05, 0) is 55.3 Å². The lowest BCUT2D eigenvalue weighted by atomic mass is 9.85. The molecule has 2 unspecified atom stereocenters. The van der Waals surface area contributed by atoms with Crippen LogP contribution in [0.1, 0.15) is 72.1 Å². The van der Waals surface area contributed by atoms with Crippen LogP contribution in [0.15, 0.2) is 0 Å². The summed E-state index contributed by atoms with van der Waals surface area (Å²) in [6.45, 7) is 7.22. The van der Waals surface area contributed by atoms with Crippen molar-refractivity contribution in [1.82, 2.24) is 0 Å². The summed E-state index contributed by atoms with van der Waals surface area (Å²) < 4.78 is 0. The van der Waals surface area contributed by atoms with E-state index in [1.54, 1.807) is 32.1 Å². The normalized spacial score (nSPS) is 27.4. The second-order valence-electron chi connectivity index (χ2n) is 6.54. The molecule has 2 rings (SSSR count). The van der Waals surface area contributed by atoms with E-state index in [0.29, 0.717) is 0 Å². The molecule has 0 spiro atoms. The maximum absolute atomic E-state index is 2.49. The zero-order valence-electron chi connectivity index (χ0n) is 10.9. The quantitative estimate of drug-likeness (QED) is 0.550. The minimum Gasteiger partial charge on any atom is -0.0651 e. The summed E-state index contributed by atoms with van der Waals surface area (Å²) in [5.74, 6) is 3.09. The molecule has 0 aromatic rings. The second kappa shape index (κ2) is 4.47. The maximum Gasteiger partial charge on any atom is -0.0266 e. The Labute approximate surface area is 95.8 Å². The van der Waals surface area contributed by atoms with Gasteiger partial charge < -0.3 is 0 Å². The fourth-order valence-corrected chi connectivity index (χ4v) is 3.20. The highest BCUT2D eigenvalue weighted by atomic mass is 14.6. The summed E-state index contributed by atoms with van der Waals surface area (Å²) in [4.78, 5) is 0. The van der Waals surface area contributed by atoms with Crippen LogP contribution in [0.3, 0.4) is 0 Å². The zero-order chi connectivity index (χ0) is 10.9. The summed E-state index contributed by atoms with van der Waals surface area (Å²) in [6.07, 6.45) is 12.1. The van der Waals surface area contributed by atoms with Crippen LogP contribution >= 0.6 is 0 Å². The number of hydrogen-bond acceptors (Lipinski definition) is 0. The van der Waals surface area contributed by atoms with Gasteiger partial charge in [0.2, 0.25) is 0 Å². The lowest BCUT2D eigenvalue weighted by Crippen LogP contribution is -2.10. The van der Waals surface area contributed by atoms with Gasteiger partial charge in [-0.3, -0.25) is 0 Å². The van der Waals surface area contributed by atoms with Crippen LogP contribution in [-0.4, -0.2) is 0 Å². The van der Waals surface area contributed by atoms with E-state index >= 15 is 0 Å². The first-order valence-corrected chi connectivity index (χ1v) is 7.16. The first kappa shape index (κ1) is 11.5. The van der Waals surface area contributed by atoms with Crippen molar-refractivity contribution in [3.8, 4) is 0 Å². The highest BCUT2D eigenvalue weighted by molar-refractivity contribution is 5.04. The van der Waals surface area contributed by atoms with E-state index in [4.69, 9.17) is 0 Å². The van der Waals surface area contributed by atoms with Gasteiger partial charge in [-0.1, -0.05) is 40.0 Å². The standard InChI is InChI=1S/C15H28/c1-4-12(2)5-6-13(3)11-15(9-10-15)14-7-8-14/h12-14H,4-11H2,1-3H3. The summed E-state index contributed by atoms with van der Waals surface area (Å²) in [5.41, 5.74) is 0.870. The SMILES string of the molecule is CCC(C)CCC(C)CC1(C2CC2)CC1. The Hall–Kier alpha value is 0. The van der Waals surface area contributed by atoms with Crippen LogP contribution in [-0.2, 0) is 0 Å². The van der Waals surface area contributed by atoms with Gasteiger partial charge in [0.1, 0.15) is 0 Å². The van der Waals surface area contributed by atoms with Gasteiger partial charge in [-0.2, -0.15) is 0 Å². The van der Waals surface area contributed by atoms with E-state index in [-0.39, 0.29) is 0 Å². The first-order chi connectivity index (χ1) is 7.16. The summed E-state index contributed by atoms with van der Waals surface area (Å²) >= 11 is 0. The van der Waals surface area contributed by atoms with Crippen LogP contribution in [0, 0.1) is 23.2 Å². The minimum absolute atomic E-state index is 0.870. The second-order valence-corrected chi connectivity index (χ2v) is 6.54. The van der Waals surface area contributed by atoms with Gasteiger partial charge >= 0.3 is 0 Å². The summed E-state index contributed by atoms with van der Waals surface area (Å²) in [7, 11) is 0. The van der Waals surface area contributed by atoms with Crippen molar-refractivity contribution in [2.75, 3.05) is 0 Å². The van der Waals surface area contributed by atoms with Crippen LogP contribution in [0.2, 0.25) is 0 Å². The fraction of sp³-hybridized carbons (Fsp3) is 1.00. The van der Waals surface area contributed by atoms with E-state index in [1.165, 1.54) is 19.3 Å². The molecule has 2 aliphatic rings. The van der Waals surface area contributed by atoms with E-state index in [0.717, 1.165) is 23.2 Å². The molecule has 0 aliphatic heterocycles. The van der Waals surface area contributed by atoms with E-state index < -0.39 is 0 Å². The molecular formula is C15H28. The monoisotopic (exact) mass is 208 g/mol. The van der Waals surface area contributed by atoms with E-state index in [2.05, 4.69) is 20.8 Å². The molecule has 2 fully saturated rings. The van der Waals surface area contributed by atoms with Crippen molar-refractivity contribution in [3.05, 3.63) is 0 Å². The topological polar surface area (TPSA) is 0 Å². The molecule has 0 aromatic carbocycles. The first-order valence-electron chi connectivity index (χ1n) is 7.16. The third kappa shape index (κ3) is 2.98. The number of rotatable bonds is 7. The fourth-order valence-electron chi connectivity index (χ4n) is 3.20. The molecule has 0 heteroatoms. The average molecular weight is 208 g/mol. The predicted octanol–water partition coefficient (Wildman–Crippen LogP) is 5.03. The Morgan fingerprint density at radius 1 is 1.07 bits per heavy atom. The van der Waals surface area contributed by atoms with Crippen LogP contribution < -0.4 is 0 Å². The molecule has 0 N–H and O–H groups in total. The van der Waals surface area contributed by atoms with Gasteiger partial charge in [-0.15, -0.1) is 0 Å². The Morgan fingerprint density at radius 2 is 1.67 bits per heavy atom. The zero-order valence-corrected chi connectivity index (χ0v) is 10.9. The van der Waals surface area contributed by atoms with Gasteiger partial charge in [-0.25, -0.2) is 0 Å². The van der Waals surface area contributed by atoms with Gasteiger partial charge in [0, 0.05) is 0 Å². The molecule has 15 heavy (non-hydrogen) atoms. The predicted molar refractivity (Wildman–Crippen MR) is 66.9 cm³/mol. The molecule has 0 radical (unpaired) electrons. The molecule has 0 saturated heterocycles. The lowest BCUT2D eigenvalue weighted by Gasteiger charge is -2.20. The minimum atomic E-state index is 0.870. The van der Waals surface area contributed by atoms with Gasteiger partial charge in [0.25, 0.3) is 0 Å². The molecular weight excluding hydrogens is 180 g/mol. The van der Waals surface area contributed by atoms with Crippen molar-refractivity contribution in [1.29, 1.82) is 0 Å². The summed E-state index contributed by atoms with van der Waals surface area (Å²) in [6, 6.07) is 0. The van der Waals surface area contributed by atoms with Crippen molar-refractivity contribution in [2.45, 2.75) is 72.1 Å². The van der Waals surface area contributed by atoms with Crippen molar-refractivity contribution in [2.24, 2.45) is 23.2 Å². The van der Waals surface area contributed by atoms with Gasteiger partial charge in [0.15, 0.2) is 0 Å². The summed E-state index contributed by atoms with van der Waals surface area (Å²) in [5, 5.41) is 0. The molecule has 2 saturated carbocycles. The third-order valence-electron chi connectivity index (χ3n) is 4.94. The van der Waals surface area contributed by atoms with Crippen molar-refractivity contribution >= 4 is 0 Å². The molecule has 2 atom stereocenters. The molecule has 0 bridgehead atoms. The Morgan fingerprint density at radius 3 is 2.13 bits per heavy atom. The Bertz CT molecular complexity index is 198. The highest BCUT2D eigenvalue weighted by Gasteiger charge is 2.53. The largest absolute Gasteiger partial charge is 0.0651 e. The molecule has 0 heterocycles. The lowest BCUT2D eigenvalue weighted by molar-refractivity contribution is 0.302. The average Bonchev–Trinajstić information content (AvgIpc) is 3.04. The molecule has 0 nitrogen and oxygen atoms in total. The third-order valence-corrected chi connectivity index (χ3v) is 4.94. The molecule has 0 amide bonds. The van der Waals surface area contributed by atoms with E-state index in [9.17, 15) is 0 Å². The van der Waals surface area contributed by atoms with Crippen molar-refractivity contribution < 1.29 is 0 Å². The van der Waals surface area contributed by atoms with E-state index in [1.807, 2.05) is 0 Å². The van der Waals surface area contributed by atoms with Gasteiger partial charge in [0.05, 0.1) is 0 Å². The highest BCUT2D eigenvalue weighted by Crippen LogP contribution is 2.64. The molecule has 2 aliphatic carbocycles. The smallest absolute Gasteiger partial charge is 0.0266 e. The van der Waals surface area contributed by atoms with Crippen LogP contribution in [0.25, 0.3) is 0 Å². The van der Waals surface area contributed by atoms with Crippen LogP contribution in [0.5, 0.6) is 0 Å². The molecule has 0 aromatic heterocycles.